The van der Waals surface area contributed by atoms with Gasteiger partial charge in [-0.2, -0.15) is 0 Å². The van der Waals surface area contributed by atoms with Crippen LogP contribution < -0.4 is 0 Å². The van der Waals surface area contributed by atoms with Gasteiger partial charge in [0.25, 0.3) is 0 Å². The summed E-state index contributed by atoms with van der Waals surface area (Å²) in [6.07, 6.45) is 2.84. The van der Waals surface area contributed by atoms with Crippen molar-refractivity contribution in [2.75, 3.05) is 20.2 Å². The molecule has 1 fully saturated rings. The number of likely N-dealkylation sites (tertiary alicyclic amines) is 1. The van der Waals surface area contributed by atoms with Crippen LogP contribution >= 0.6 is 0 Å². The molecule has 0 unspecified atom stereocenters. The lowest BCUT2D eigenvalue weighted by Gasteiger charge is -2.34. The van der Waals surface area contributed by atoms with Gasteiger partial charge in [-0.1, -0.05) is 6.42 Å². The van der Waals surface area contributed by atoms with Crippen molar-refractivity contribution in [3.63, 3.8) is 0 Å². The van der Waals surface area contributed by atoms with Gasteiger partial charge < -0.3 is 15.1 Å². The minimum atomic E-state index is -0.555. The molecular formula is C8H17NO2. The van der Waals surface area contributed by atoms with Gasteiger partial charge in [-0.05, 0) is 26.4 Å². The summed E-state index contributed by atoms with van der Waals surface area (Å²) >= 11 is 0. The summed E-state index contributed by atoms with van der Waals surface area (Å²) in [7, 11) is 2.00. The molecule has 0 bridgehead atoms. The summed E-state index contributed by atoms with van der Waals surface area (Å²) in [5.41, 5.74) is 0. The zero-order valence-corrected chi connectivity index (χ0v) is 7.03. The number of piperidine rings is 1. The number of hydrogen-bond acceptors (Lipinski definition) is 3. The van der Waals surface area contributed by atoms with Crippen LogP contribution in [0.15, 0.2) is 0 Å². The predicted octanol–water partition coefficient (Wildman–Crippen LogP) is -0.176. The van der Waals surface area contributed by atoms with E-state index in [1.807, 2.05) is 7.05 Å². The van der Waals surface area contributed by atoms with E-state index in [2.05, 4.69) is 4.90 Å². The monoisotopic (exact) mass is 159 g/mol. The van der Waals surface area contributed by atoms with Gasteiger partial charge in [-0.15, -0.1) is 0 Å². The van der Waals surface area contributed by atoms with Crippen molar-refractivity contribution in [2.45, 2.75) is 31.4 Å². The number of aliphatic hydroxyl groups excluding tert-OH is 2. The second-order valence-corrected chi connectivity index (χ2v) is 3.29. The third-order valence-electron chi connectivity index (χ3n) is 2.46. The van der Waals surface area contributed by atoms with E-state index in [1.165, 1.54) is 12.8 Å². The highest BCUT2D eigenvalue weighted by atomic mass is 16.3. The summed E-state index contributed by atoms with van der Waals surface area (Å²) in [6, 6.07) is 0.175. The molecule has 0 saturated carbocycles. The maximum atomic E-state index is 9.36. The molecule has 66 valence electrons. The molecule has 1 aliphatic rings. The van der Waals surface area contributed by atoms with Crippen molar-refractivity contribution in [3.05, 3.63) is 0 Å². The van der Waals surface area contributed by atoms with E-state index in [1.54, 1.807) is 0 Å². The first-order valence-corrected chi connectivity index (χ1v) is 4.25. The van der Waals surface area contributed by atoms with Crippen LogP contribution in [0.3, 0.4) is 0 Å². The first-order valence-electron chi connectivity index (χ1n) is 4.25. The first kappa shape index (κ1) is 8.97. The largest absolute Gasteiger partial charge is 0.394 e. The second kappa shape index (κ2) is 4.04. The summed E-state index contributed by atoms with van der Waals surface area (Å²) < 4.78 is 0. The quantitative estimate of drug-likeness (QED) is 0.587. The zero-order chi connectivity index (χ0) is 8.27. The van der Waals surface area contributed by atoms with Crippen LogP contribution in [-0.2, 0) is 0 Å². The molecule has 0 spiro atoms. The maximum Gasteiger partial charge on any atom is 0.0925 e. The van der Waals surface area contributed by atoms with Crippen LogP contribution in [0.1, 0.15) is 19.3 Å². The van der Waals surface area contributed by atoms with Crippen LogP contribution in [0.2, 0.25) is 0 Å². The molecule has 0 amide bonds. The van der Waals surface area contributed by atoms with E-state index < -0.39 is 6.10 Å². The Bertz CT molecular complexity index is 115. The molecule has 11 heavy (non-hydrogen) atoms. The van der Waals surface area contributed by atoms with Crippen molar-refractivity contribution in [3.8, 4) is 0 Å². The third kappa shape index (κ3) is 2.15. The smallest absolute Gasteiger partial charge is 0.0925 e. The standard InChI is InChI=1S/C8H17NO2/c1-9-5-3-2-4-7(9)8(11)6-10/h7-8,10-11H,2-6H2,1H3/t7-,8-/m1/s1. The Morgan fingerprint density at radius 1 is 1.55 bits per heavy atom. The fourth-order valence-corrected chi connectivity index (χ4v) is 1.71. The van der Waals surface area contributed by atoms with Gasteiger partial charge in [-0.25, -0.2) is 0 Å². The van der Waals surface area contributed by atoms with Crippen LogP contribution in [0, 0.1) is 0 Å². The maximum absolute atomic E-state index is 9.36. The molecule has 0 aromatic carbocycles. The topological polar surface area (TPSA) is 43.7 Å². The SMILES string of the molecule is CN1CCCC[C@@H]1[C@H](O)CO. The Morgan fingerprint density at radius 2 is 2.27 bits per heavy atom. The molecule has 1 rings (SSSR count). The molecule has 3 nitrogen and oxygen atoms in total. The molecule has 1 aliphatic heterocycles. The summed E-state index contributed by atoms with van der Waals surface area (Å²) in [5, 5.41) is 18.1. The lowest BCUT2D eigenvalue weighted by Crippen LogP contribution is -2.45. The summed E-state index contributed by atoms with van der Waals surface area (Å²) in [6.45, 7) is 0.927. The highest BCUT2D eigenvalue weighted by molar-refractivity contribution is 4.80. The van der Waals surface area contributed by atoms with Gasteiger partial charge in [-0.3, -0.25) is 0 Å². The molecule has 2 atom stereocenters. The van der Waals surface area contributed by atoms with Crippen molar-refractivity contribution in [2.24, 2.45) is 0 Å². The van der Waals surface area contributed by atoms with E-state index in [0.29, 0.717) is 0 Å². The minimum absolute atomic E-state index is 0.116. The highest BCUT2D eigenvalue weighted by Gasteiger charge is 2.24. The molecule has 0 aliphatic carbocycles. The van der Waals surface area contributed by atoms with E-state index >= 15 is 0 Å². The van der Waals surface area contributed by atoms with Crippen molar-refractivity contribution < 1.29 is 10.2 Å². The van der Waals surface area contributed by atoms with Crippen LogP contribution in [0.5, 0.6) is 0 Å². The van der Waals surface area contributed by atoms with Crippen molar-refractivity contribution in [1.82, 2.24) is 4.90 Å². The van der Waals surface area contributed by atoms with Gasteiger partial charge in [0.1, 0.15) is 0 Å². The van der Waals surface area contributed by atoms with Crippen LogP contribution in [0.25, 0.3) is 0 Å². The Morgan fingerprint density at radius 3 is 2.82 bits per heavy atom. The third-order valence-corrected chi connectivity index (χ3v) is 2.46. The fourth-order valence-electron chi connectivity index (χ4n) is 1.71. The summed E-state index contributed by atoms with van der Waals surface area (Å²) in [5.74, 6) is 0. The number of hydrogen-bond donors (Lipinski definition) is 2. The average molecular weight is 159 g/mol. The normalized spacial score (nSPS) is 30.3. The Hall–Kier alpha value is -0.120. The first-order chi connectivity index (χ1) is 5.25. The van der Waals surface area contributed by atoms with E-state index in [0.717, 1.165) is 13.0 Å². The van der Waals surface area contributed by atoms with Gasteiger partial charge >= 0.3 is 0 Å². The van der Waals surface area contributed by atoms with E-state index in [4.69, 9.17) is 5.11 Å². The van der Waals surface area contributed by atoms with Gasteiger partial charge in [0.05, 0.1) is 12.7 Å². The highest BCUT2D eigenvalue weighted by Crippen LogP contribution is 2.17. The van der Waals surface area contributed by atoms with Gasteiger partial charge in [0, 0.05) is 6.04 Å². The second-order valence-electron chi connectivity index (χ2n) is 3.29. The van der Waals surface area contributed by atoms with Gasteiger partial charge in [0.15, 0.2) is 0 Å². The Balaban J connectivity index is 2.40. The Kier molecular flexibility index (Phi) is 3.30. The van der Waals surface area contributed by atoms with Crippen molar-refractivity contribution in [1.29, 1.82) is 0 Å². The lowest BCUT2D eigenvalue weighted by atomic mass is 9.98. The Labute approximate surface area is 67.6 Å². The predicted molar refractivity (Wildman–Crippen MR) is 43.4 cm³/mol. The van der Waals surface area contributed by atoms with Crippen molar-refractivity contribution >= 4 is 0 Å². The molecule has 0 aromatic rings. The number of likely N-dealkylation sites (N-methyl/N-ethyl adjacent to an activating group) is 1. The van der Waals surface area contributed by atoms with Gasteiger partial charge in [0.2, 0.25) is 0 Å². The molecule has 0 radical (unpaired) electrons. The van der Waals surface area contributed by atoms with E-state index in [9.17, 15) is 5.11 Å². The number of nitrogens with zero attached hydrogens (tertiary/aromatic N) is 1. The summed E-state index contributed by atoms with van der Waals surface area (Å²) in [4.78, 5) is 2.13. The van der Waals surface area contributed by atoms with Crippen LogP contribution in [0.4, 0.5) is 0 Å². The molecule has 1 saturated heterocycles. The minimum Gasteiger partial charge on any atom is -0.394 e. The molecular weight excluding hydrogens is 142 g/mol. The fraction of sp³-hybridized carbons (Fsp3) is 1.00. The average Bonchev–Trinajstić information content (AvgIpc) is 2.04. The van der Waals surface area contributed by atoms with E-state index in [-0.39, 0.29) is 12.6 Å². The number of rotatable bonds is 2. The molecule has 1 heterocycles. The lowest BCUT2D eigenvalue weighted by molar-refractivity contribution is 0.00497. The molecule has 3 heteroatoms. The van der Waals surface area contributed by atoms with Crippen LogP contribution in [-0.4, -0.2) is 47.5 Å². The molecule has 0 aromatic heterocycles. The molecule has 2 N–H and O–H groups in total. The number of aliphatic hydroxyl groups is 2. The zero-order valence-electron chi connectivity index (χ0n) is 7.03.